The van der Waals surface area contributed by atoms with Crippen molar-refractivity contribution in [2.45, 2.75) is 25.1 Å². The molecule has 2 atom stereocenters. The fourth-order valence-corrected chi connectivity index (χ4v) is 1.91. The highest BCUT2D eigenvalue weighted by Crippen LogP contribution is 2.18. The molecular formula is C12H15F2NO3S. The number of benzene rings is 1. The first-order valence-corrected chi connectivity index (χ1v) is 7.52. The average molecular weight is 291 g/mol. The van der Waals surface area contributed by atoms with E-state index in [2.05, 4.69) is 5.32 Å². The molecule has 7 heteroatoms. The van der Waals surface area contributed by atoms with Crippen molar-refractivity contribution >= 4 is 15.7 Å². The predicted molar refractivity (Wildman–Crippen MR) is 67.2 cm³/mol. The molecule has 0 aromatic heterocycles. The standard InChI is InChI=1S/C12H15F2NO3S/c1-7(10-5-4-9(13)6-11(10)14)15-12(16)8(2)19(3,17)18/h4-8H,1-3H3,(H,15,16). The molecule has 1 aromatic carbocycles. The Kier molecular flexibility index (Phi) is 4.62. The first kappa shape index (κ1) is 15.6. The zero-order valence-electron chi connectivity index (χ0n) is 10.8. The highest BCUT2D eigenvalue weighted by Gasteiger charge is 2.25. The number of hydrogen-bond donors (Lipinski definition) is 1. The minimum Gasteiger partial charge on any atom is -0.348 e. The third-order valence-electron chi connectivity index (χ3n) is 2.80. The Morgan fingerprint density at radius 2 is 1.84 bits per heavy atom. The minimum atomic E-state index is -3.51. The van der Waals surface area contributed by atoms with Gasteiger partial charge in [0.1, 0.15) is 16.9 Å². The molecule has 1 N–H and O–H groups in total. The molecule has 0 radical (unpaired) electrons. The third kappa shape index (κ3) is 3.99. The summed E-state index contributed by atoms with van der Waals surface area (Å²) < 4.78 is 48.7. The van der Waals surface area contributed by atoms with Gasteiger partial charge in [-0.2, -0.15) is 0 Å². The Morgan fingerprint density at radius 3 is 2.32 bits per heavy atom. The number of halogens is 2. The molecule has 1 aromatic rings. The molecule has 0 bridgehead atoms. The van der Waals surface area contributed by atoms with Crippen LogP contribution in [0.4, 0.5) is 8.78 Å². The maximum atomic E-state index is 13.5. The lowest BCUT2D eigenvalue weighted by Crippen LogP contribution is -2.38. The van der Waals surface area contributed by atoms with Gasteiger partial charge in [0.05, 0.1) is 6.04 Å². The van der Waals surface area contributed by atoms with Crippen LogP contribution in [0.25, 0.3) is 0 Å². The van der Waals surface area contributed by atoms with E-state index in [-0.39, 0.29) is 5.56 Å². The SMILES string of the molecule is CC(NC(=O)C(C)S(C)(=O)=O)c1ccc(F)cc1F. The minimum absolute atomic E-state index is 0.0930. The highest BCUT2D eigenvalue weighted by molar-refractivity contribution is 7.92. The van der Waals surface area contributed by atoms with Gasteiger partial charge in [0.25, 0.3) is 0 Å². The molecule has 0 heterocycles. The van der Waals surface area contributed by atoms with Gasteiger partial charge in [0.15, 0.2) is 9.84 Å². The summed E-state index contributed by atoms with van der Waals surface area (Å²) in [6.45, 7) is 2.74. The Labute approximate surface area is 110 Å². The summed E-state index contributed by atoms with van der Waals surface area (Å²) >= 11 is 0. The van der Waals surface area contributed by atoms with Crippen molar-refractivity contribution in [2.75, 3.05) is 6.26 Å². The van der Waals surface area contributed by atoms with E-state index in [1.807, 2.05) is 0 Å². The number of hydrogen-bond acceptors (Lipinski definition) is 3. The van der Waals surface area contributed by atoms with E-state index < -0.39 is 38.7 Å². The summed E-state index contributed by atoms with van der Waals surface area (Å²) in [5, 5.41) is 1.16. The number of nitrogens with one attached hydrogen (secondary N) is 1. The van der Waals surface area contributed by atoms with Crippen molar-refractivity contribution in [3.8, 4) is 0 Å². The molecule has 2 unspecified atom stereocenters. The van der Waals surface area contributed by atoms with Gasteiger partial charge >= 0.3 is 0 Å². The van der Waals surface area contributed by atoms with E-state index in [1.54, 1.807) is 0 Å². The highest BCUT2D eigenvalue weighted by atomic mass is 32.2. The smallest absolute Gasteiger partial charge is 0.238 e. The van der Waals surface area contributed by atoms with Crippen LogP contribution in [-0.4, -0.2) is 25.8 Å². The second-order valence-electron chi connectivity index (χ2n) is 4.37. The van der Waals surface area contributed by atoms with Crippen LogP contribution in [0.3, 0.4) is 0 Å². The summed E-state index contributed by atoms with van der Waals surface area (Å²) in [6, 6.07) is 2.23. The second kappa shape index (κ2) is 5.64. The van der Waals surface area contributed by atoms with Crippen LogP contribution in [-0.2, 0) is 14.6 Å². The van der Waals surface area contributed by atoms with Gasteiger partial charge in [-0.1, -0.05) is 6.07 Å². The molecule has 0 spiro atoms. The summed E-state index contributed by atoms with van der Waals surface area (Å²) in [7, 11) is -3.51. The molecule has 0 aliphatic carbocycles. The summed E-state index contributed by atoms with van der Waals surface area (Å²) in [6.07, 6.45) is 0.945. The van der Waals surface area contributed by atoms with Crippen LogP contribution in [0, 0.1) is 11.6 Å². The number of carbonyl (C=O) groups excluding carboxylic acids is 1. The topological polar surface area (TPSA) is 63.2 Å². The van der Waals surface area contributed by atoms with E-state index in [9.17, 15) is 22.0 Å². The monoisotopic (exact) mass is 291 g/mol. The van der Waals surface area contributed by atoms with Crippen LogP contribution in [0.15, 0.2) is 18.2 Å². The lowest BCUT2D eigenvalue weighted by molar-refractivity contribution is -0.121. The Bertz CT molecular complexity index is 587. The Balaban J connectivity index is 2.86. The molecule has 0 saturated carbocycles. The van der Waals surface area contributed by atoms with Gasteiger partial charge < -0.3 is 5.32 Å². The van der Waals surface area contributed by atoms with Crippen LogP contribution < -0.4 is 5.32 Å². The van der Waals surface area contributed by atoms with Crippen LogP contribution in [0.2, 0.25) is 0 Å². The van der Waals surface area contributed by atoms with E-state index in [4.69, 9.17) is 0 Å². The van der Waals surface area contributed by atoms with Crippen LogP contribution in [0.5, 0.6) is 0 Å². The molecule has 0 fully saturated rings. The normalized spacial score (nSPS) is 14.8. The van der Waals surface area contributed by atoms with Crippen LogP contribution in [0.1, 0.15) is 25.5 Å². The zero-order valence-corrected chi connectivity index (χ0v) is 11.6. The first-order chi connectivity index (χ1) is 8.62. The van der Waals surface area contributed by atoms with E-state index >= 15 is 0 Å². The molecule has 106 valence electrons. The van der Waals surface area contributed by atoms with Gasteiger partial charge in [-0.3, -0.25) is 4.79 Å². The summed E-state index contributed by atoms with van der Waals surface area (Å²) in [5.74, 6) is -2.23. The maximum Gasteiger partial charge on any atom is 0.238 e. The Hall–Kier alpha value is -1.50. The van der Waals surface area contributed by atoms with E-state index in [0.717, 1.165) is 12.3 Å². The van der Waals surface area contributed by atoms with Crippen molar-refractivity contribution in [1.29, 1.82) is 0 Å². The lowest BCUT2D eigenvalue weighted by atomic mass is 10.1. The number of carbonyl (C=O) groups is 1. The van der Waals surface area contributed by atoms with Crippen molar-refractivity contribution in [1.82, 2.24) is 5.32 Å². The maximum absolute atomic E-state index is 13.5. The van der Waals surface area contributed by atoms with Gasteiger partial charge in [0.2, 0.25) is 5.91 Å². The summed E-state index contributed by atoms with van der Waals surface area (Å²) in [4.78, 5) is 11.7. The molecule has 0 aliphatic heterocycles. The van der Waals surface area contributed by atoms with E-state index in [1.165, 1.54) is 19.9 Å². The largest absolute Gasteiger partial charge is 0.348 e. The number of sulfone groups is 1. The van der Waals surface area contributed by atoms with Crippen molar-refractivity contribution in [3.05, 3.63) is 35.4 Å². The quantitative estimate of drug-likeness (QED) is 0.916. The zero-order chi connectivity index (χ0) is 14.8. The second-order valence-corrected chi connectivity index (χ2v) is 6.73. The molecule has 0 saturated heterocycles. The molecule has 19 heavy (non-hydrogen) atoms. The van der Waals surface area contributed by atoms with Crippen molar-refractivity contribution < 1.29 is 22.0 Å². The Morgan fingerprint density at radius 1 is 1.26 bits per heavy atom. The van der Waals surface area contributed by atoms with E-state index in [0.29, 0.717) is 6.07 Å². The number of amides is 1. The molecule has 0 aliphatic rings. The molecule has 1 amide bonds. The first-order valence-electron chi connectivity index (χ1n) is 5.57. The fourth-order valence-electron chi connectivity index (χ4n) is 1.46. The summed E-state index contributed by atoms with van der Waals surface area (Å²) in [5.41, 5.74) is 0.0930. The lowest BCUT2D eigenvalue weighted by Gasteiger charge is -2.17. The molecule has 4 nitrogen and oxygen atoms in total. The van der Waals surface area contributed by atoms with Crippen molar-refractivity contribution in [2.24, 2.45) is 0 Å². The third-order valence-corrected chi connectivity index (χ3v) is 4.30. The van der Waals surface area contributed by atoms with Gasteiger partial charge in [-0.05, 0) is 19.9 Å². The van der Waals surface area contributed by atoms with Gasteiger partial charge in [0, 0.05) is 17.9 Å². The molecule has 1 rings (SSSR count). The number of rotatable bonds is 4. The molecular weight excluding hydrogens is 276 g/mol. The van der Waals surface area contributed by atoms with Crippen molar-refractivity contribution in [3.63, 3.8) is 0 Å². The van der Waals surface area contributed by atoms with Gasteiger partial charge in [-0.15, -0.1) is 0 Å². The van der Waals surface area contributed by atoms with Gasteiger partial charge in [-0.25, -0.2) is 17.2 Å². The average Bonchev–Trinajstić information content (AvgIpc) is 2.26. The fraction of sp³-hybridized carbons (Fsp3) is 0.417. The van der Waals surface area contributed by atoms with Crippen LogP contribution >= 0.6 is 0 Å². The predicted octanol–water partition coefficient (Wildman–Crippen LogP) is 1.58.